The lowest BCUT2D eigenvalue weighted by atomic mass is 9.99. The smallest absolute Gasteiger partial charge is 0.352 e. The lowest BCUT2D eigenvalue weighted by molar-refractivity contribution is -0.222. The summed E-state index contributed by atoms with van der Waals surface area (Å²) in [6, 6.07) is 24.4. The van der Waals surface area contributed by atoms with Gasteiger partial charge in [-0.1, -0.05) is 68.4 Å². The van der Waals surface area contributed by atoms with Gasteiger partial charge < -0.3 is 29.2 Å². The number of piperidine rings is 1. The van der Waals surface area contributed by atoms with Crippen LogP contribution in [0.15, 0.2) is 84.2 Å². The lowest BCUT2D eigenvalue weighted by Gasteiger charge is -2.42. The van der Waals surface area contributed by atoms with E-state index in [1.165, 1.54) is 11.1 Å². The molecule has 0 saturated carbocycles. The number of rotatable bonds is 12. The number of anilines is 1. The van der Waals surface area contributed by atoms with E-state index in [4.69, 9.17) is 18.9 Å². The second-order valence-corrected chi connectivity index (χ2v) is 13.1. The van der Waals surface area contributed by atoms with Crippen molar-refractivity contribution in [2.24, 2.45) is 5.92 Å². The van der Waals surface area contributed by atoms with Crippen LogP contribution in [-0.4, -0.2) is 60.9 Å². The van der Waals surface area contributed by atoms with Gasteiger partial charge in [0.2, 0.25) is 0 Å². The third-order valence-electron chi connectivity index (χ3n) is 8.54. The third-order valence-corrected chi connectivity index (χ3v) is 8.54. The molecule has 47 heavy (non-hydrogen) atoms. The van der Waals surface area contributed by atoms with Gasteiger partial charge in [0.25, 0.3) is 5.79 Å². The summed E-state index contributed by atoms with van der Waals surface area (Å²) in [5, 5.41) is 3.42. The summed E-state index contributed by atoms with van der Waals surface area (Å²) in [4.78, 5) is 31.9. The number of cyclic esters (lactones) is 2. The molecule has 2 fully saturated rings. The van der Waals surface area contributed by atoms with Gasteiger partial charge in [0.05, 0.1) is 19.9 Å². The van der Waals surface area contributed by atoms with Gasteiger partial charge in [0.1, 0.15) is 17.3 Å². The SMILES string of the molecule is COc1ccc(NC(=C2C(=O)OC(C)(C)OC2=O)N(Cc2ccc(CC(C)C)cc2)C2CCN(Cc3ccccc3)CC2)c(OC)c1. The molecule has 9 heteroatoms. The molecule has 250 valence electrons. The van der Waals surface area contributed by atoms with Gasteiger partial charge in [-0.25, -0.2) is 9.59 Å². The Bertz CT molecular complexity index is 1540. The van der Waals surface area contributed by atoms with E-state index in [1.807, 2.05) is 12.1 Å². The number of nitrogens with one attached hydrogen (secondary N) is 1. The monoisotopic (exact) mass is 641 g/mol. The van der Waals surface area contributed by atoms with Crippen LogP contribution in [0, 0.1) is 5.92 Å². The summed E-state index contributed by atoms with van der Waals surface area (Å²) in [6.45, 7) is 10.6. The Hall–Kier alpha value is -4.50. The van der Waals surface area contributed by atoms with Crippen molar-refractivity contribution in [1.82, 2.24) is 9.80 Å². The van der Waals surface area contributed by atoms with Crippen LogP contribution in [0.3, 0.4) is 0 Å². The lowest BCUT2D eigenvalue weighted by Crippen LogP contribution is -2.48. The second-order valence-electron chi connectivity index (χ2n) is 13.1. The Morgan fingerprint density at radius 1 is 0.894 bits per heavy atom. The number of carbonyl (C=O) groups is 2. The van der Waals surface area contributed by atoms with E-state index in [9.17, 15) is 9.59 Å². The fraction of sp³-hybridized carbons (Fsp3) is 0.421. The molecule has 0 aliphatic carbocycles. The molecule has 9 nitrogen and oxygen atoms in total. The van der Waals surface area contributed by atoms with Crippen LogP contribution in [0.25, 0.3) is 0 Å². The summed E-state index contributed by atoms with van der Waals surface area (Å²) in [7, 11) is 3.15. The highest BCUT2D eigenvalue weighted by Gasteiger charge is 2.43. The zero-order valence-electron chi connectivity index (χ0n) is 28.4. The zero-order valence-corrected chi connectivity index (χ0v) is 28.4. The molecule has 0 aromatic heterocycles. The summed E-state index contributed by atoms with van der Waals surface area (Å²) < 4.78 is 22.4. The number of esters is 2. The van der Waals surface area contributed by atoms with E-state index in [0.29, 0.717) is 35.5 Å². The summed E-state index contributed by atoms with van der Waals surface area (Å²) in [5.41, 5.74) is 4.00. The van der Waals surface area contributed by atoms with E-state index >= 15 is 0 Å². The number of hydrogen-bond donors (Lipinski definition) is 1. The number of nitrogens with zero attached hydrogens (tertiary/aromatic N) is 2. The van der Waals surface area contributed by atoms with Crippen molar-refractivity contribution in [1.29, 1.82) is 0 Å². The maximum Gasteiger partial charge on any atom is 0.352 e. The molecule has 0 unspecified atom stereocenters. The first-order valence-corrected chi connectivity index (χ1v) is 16.4. The topological polar surface area (TPSA) is 89.6 Å². The molecule has 0 bridgehead atoms. The molecule has 0 spiro atoms. The van der Waals surface area contributed by atoms with E-state index in [0.717, 1.165) is 44.5 Å². The van der Waals surface area contributed by atoms with Gasteiger partial charge >= 0.3 is 11.9 Å². The number of carbonyl (C=O) groups excluding carboxylic acids is 2. The first kappa shape index (κ1) is 33.9. The first-order chi connectivity index (χ1) is 22.5. The Balaban J connectivity index is 1.54. The standard InChI is InChI=1S/C38H47N3O6/c1-26(2)22-27-12-14-29(15-13-27)25-41(30-18-20-40(21-19-30)24-28-10-8-7-9-11-28)35(34-36(42)46-38(3,4)47-37(34)43)39-32-17-16-31(44-5)23-33(32)45-6/h7-17,23,26,30,39H,18-22,24-25H2,1-6H3. The van der Waals surface area contributed by atoms with Crippen LogP contribution < -0.4 is 14.8 Å². The van der Waals surface area contributed by atoms with Gasteiger partial charge in [0.15, 0.2) is 5.57 Å². The van der Waals surface area contributed by atoms with Crippen LogP contribution in [-0.2, 0) is 38.6 Å². The largest absolute Gasteiger partial charge is 0.497 e. The second kappa shape index (κ2) is 14.9. The molecule has 5 rings (SSSR count). The van der Waals surface area contributed by atoms with Gasteiger partial charge in [-0.05, 0) is 54.0 Å². The molecule has 0 atom stereocenters. The molecule has 0 amide bonds. The fourth-order valence-electron chi connectivity index (χ4n) is 6.22. The zero-order chi connectivity index (χ0) is 33.6. The maximum atomic E-state index is 13.6. The molecule has 3 aromatic rings. The van der Waals surface area contributed by atoms with E-state index in [2.05, 4.69) is 77.5 Å². The highest BCUT2D eigenvalue weighted by atomic mass is 16.7. The molecule has 2 heterocycles. The predicted molar refractivity (Wildman–Crippen MR) is 182 cm³/mol. The number of benzene rings is 3. The highest BCUT2D eigenvalue weighted by molar-refractivity contribution is 6.16. The Morgan fingerprint density at radius 2 is 1.53 bits per heavy atom. The molecule has 2 aliphatic heterocycles. The van der Waals surface area contributed by atoms with Crippen molar-refractivity contribution in [3.05, 3.63) is 101 Å². The van der Waals surface area contributed by atoms with Crippen molar-refractivity contribution in [3.63, 3.8) is 0 Å². The molecule has 1 N–H and O–H groups in total. The van der Waals surface area contributed by atoms with Gasteiger partial charge in [-0.3, -0.25) is 4.90 Å². The van der Waals surface area contributed by atoms with Crippen molar-refractivity contribution in [2.45, 2.75) is 71.9 Å². The van der Waals surface area contributed by atoms with Crippen molar-refractivity contribution in [3.8, 4) is 11.5 Å². The van der Waals surface area contributed by atoms with Crippen molar-refractivity contribution in [2.75, 3.05) is 32.6 Å². The van der Waals surface area contributed by atoms with Crippen molar-refractivity contribution < 1.29 is 28.5 Å². The third kappa shape index (κ3) is 8.65. The summed E-state index contributed by atoms with van der Waals surface area (Å²) in [6.07, 6.45) is 2.64. The number of ether oxygens (including phenoxy) is 4. The van der Waals surface area contributed by atoms with Crippen LogP contribution in [0.1, 0.15) is 57.2 Å². The molecule has 2 saturated heterocycles. The molecule has 2 aliphatic rings. The minimum atomic E-state index is -1.37. The van der Waals surface area contributed by atoms with E-state index in [-0.39, 0.29) is 11.6 Å². The predicted octanol–water partition coefficient (Wildman–Crippen LogP) is 6.53. The van der Waals surface area contributed by atoms with Gasteiger partial charge in [-0.15, -0.1) is 0 Å². The summed E-state index contributed by atoms with van der Waals surface area (Å²) in [5.74, 6) is -0.863. The molecular formula is C38H47N3O6. The normalized spacial score (nSPS) is 16.8. The molecular weight excluding hydrogens is 594 g/mol. The van der Waals surface area contributed by atoms with Crippen LogP contribution in [0.2, 0.25) is 0 Å². The summed E-state index contributed by atoms with van der Waals surface area (Å²) >= 11 is 0. The highest BCUT2D eigenvalue weighted by Crippen LogP contribution is 2.35. The average Bonchev–Trinajstić information content (AvgIpc) is 3.04. The molecule has 3 aromatic carbocycles. The van der Waals surface area contributed by atoms with Gasteiger partial charge in [0, 0.05) is 52.1 Å². The minimum Gasteiger partial charge on any atom is -0.497 e. The van der Waals surface area contributed by atoms with Crippen LogP contribution >= 0.6 is 0 Å². The van der Waals surface area contributed by atoms with Crippen molar-refractivity contribution >= 4 is 17.6 Å². The van der Waals surface area contributed by atoms with Gasteiger partial charge in [-0.2, -0.15) is 0 Å². The maximum absolute atomic E-state index is 13.6. The first-order valence-electron chi connectivity index (χ1n) is 16.4. The van der Waals surface area contributed by atoms with E-state index in [1.54, 1.807) is 40.2 Å². The Kier molecular flexibility index (Phi) is 10.8. The van der Waals surface area contributed by atoms with E-state index < -0.39 is 17.7 Å². The quantitative estimate of drug-likeness (QED) is 0.135. The minimum absolute atomic E-state index is 0.00661. The van der Waals surface area contributed by atoms with Crippen LogP contribution in [0.5, 0.6) is 11.5 Å². The number of methoxy groups -OCH3 is 2. The number of hydrogen-bond acceptors (Lipinski definition) is 9. The molecule has 0 radical (unpaired) electrons. The Morgan fingerprint density at radius 3 is 2.13 bits per heavy atom. The fourth-order valence-corrected chi connectivity index (χ4v) is 6.22. The Labute approximate surface area is 278 Å². The average molecular weight is 642 g/mol. The number of likely N-dealkylation sites (tertiary alicyclic amines) is 1. The van der Waals surface area contributed by atoms with Crippen LogP contribution in [0.4, 0.5) is 5.69 Å².